The Morgan fingerprint density at radius 1 is 0.675 bits per heavy atom. The maximum atomic E-state index is 6.44. The van der Waals surface area contributed by atoms with E-state index in [-0.39, 0.29) is 22.8 Å². The molecule has 0 radical (unpaired) electrons. The standard InChI is InChI=1S/C38H41NO/c1-24-32(37(2,3)4)21-27(22-33(24)38(5,6)7)34-23-40-36(39-34)31-19-13-12-18-30(31)35-28-16-10-8-14-25(28)20-26-15-9-11-17-29(26)35/h8-19,21-22,34-35H,20,23H2,1-7H3/t34-/m0/s1. The quantitative estimate of drug-likeness (QED) is 0.229. The number of nitrogens with zero attached hydrogens (tertiary/aromatic N) is 1. The first kappa shape index (κ1) is 26.6. The molecule has 0 unspecified atom stereocenters. The average Bonchev–Trinajstić information content (AvgIpc) is 3.41. The molecule has 1 aliphatic heterocycles. The second kappa shape index (κ2) is 9.77. The van der Waals surface area contributed by atoms with E-state index in [2.05, 4.69) is 133 Å². The lowest BCUT2D eigenvalue weighted by Crippen LogP contribution is -2.20. The maximum Gasteiger partial charge on any atom is 0.217 e. The van der Waals surface area contributed by atoms with Gasteiger partial charge in [0.2, 0.25) is 5.90 Å². The monoisotopic (exact) mass is 527 g/mol. The van der Waals surface area contributed by atoms with Crippen molar-refractivity contribution in [2.75, 3.05) is 6.61 Å². The van der Waals surface area contributed by atoms with Gasteiger partial charge in [-0.25, -0.2) is 4.99 Å². The number of ether oxygens (including phenoxy) is 1. The van der Waals surface area contributed by atoms with E-state index in [1.165, 1.54) is 50.1 Å². The Morgan fingerprint density at radius 3 is 1.73 bits per heavy atom. The van der Waals surface area contributed by atoms with Crippen LogP contribution < -0.4 is 0 Å². The number of hydrogen-bond donors (Lipinski definition) is 0. The molecular formula is C38H41NO. The molecule has 1 heterocycles. The van der Waals surface area contributed by atoms with E-state index in [9.17, 15) is 0 Å². The fourth-order valence-electron chi connectivity index (χ4n) is 6.78. The zero-order chi connectivity index (χ0) is 28.2. The van der Waals surface area contributed by atoms with Crippen molar-refractivity contribution in [2.24, 2.45) is 4.99 Å². The second-order valence-corrected chi connectivity index (χ2v) is 13.6. The van der Waals surface area contributed by atoms with Gasteiger partial charge < -0.3 is 4.74 Å². The lowest BCUT2D eigenvalue weighted by Gasteiger charge is -2.30. The highest BCUT2D eigenvalue weighted by atomic mass is 16.5. The van der Waals surface area contributed by atoms with Gasteiger partial charge in [0.05, 0.1) is 0 Å². The predicted molar refractivity (Wildman–Crippen MR) is 167 cm³/mol. The molecule has 0 saturated carbocycles. The predicted octanol–water partition coefficient (Wildman–Crippen LogP) is 9.19. The molecule has 0 spiro atoms. The molecule has 1 aliphatic carbocycles. The Balaban J connectivity index is 1.45. The largest absolute Gasteiger partial charge is 0.475 e. The third-order valence-corrected chi connectivity index (χ3v) is 8.70. The van der Waals surface area contributed by atoms with E-state index in [0.29, 0.717) is 6.61 Å². The molecule has 0 N–H and O–H groups in total. The summed E-state index contributed by atoms with van der Waals surface area (Å²) in [5, 5.41) is 0. The maximum absolute atomic E-state index is 6.44. The molecule has 0 bridgehead atoms. The summed E-state index contributed by atoms with van der Waals surface area (Å²) in [7, 11) is 0. The molecular weight excluding hydrogens is 486 g/mol. The summed E-state index contributed by atoms with van der Waals surface area (Å²) in [6.07, 6.45) is 0.976. The Kier molecular flexibility index (Phi) is 6.49. The molecule has 204 valence electrons. The van der Waals surface area contributed by atoms with Gasteiger partial charge in [0.25, 0.3) is 0 Å². The van der Waals surface area contributed by atoms with E-state index in [1.807, 2.05) is 0 Å². The van der Waals surface area contributed by atoms with Crippen LogP contribution in [0.1, 0.15) is 109 Å². The summed E-state index contributed by atoms with van der Waals surface area (Å²) >= 11 is 0. The third-order valence-electron chi connectivity index (χ3n) is 8.70. The van der Waals surface area contributed by atoms with Crippen molar-refractivity contribution >= 4 is 5.90 Å². The van der Waals surface area contributed by atoms with Gasteiger partial charge in [-0.2, -0.15) is 0 Å². The Bertz CT molecular complexity index is 1530. The number of aliphatic imine (C=N–C) groups is 1. The highest BCUT2D eigenvalue weighted by Gasteiger charge is 2.32. The van der Waals surface area contributed by atoms with Gasteiger partial charge in [-0.15, -0.1) is 0 Å². The molecule has 4 aromatic carbocycles. The van der Waals surface area contributed by atoms with Crippen molar-refractivity contribution in [3.05, 3.63) is 141 Å². The van der Waals surface area contributed by atoms with E-state index in [1.54, 1.807) is 0 Å². The molecule has 0 saturated heterocycles. The normalized spacial score (nSPS) is 17.2. The molecule has 6 rings (SSSR count). The first-order valence-electron chi connectivity index (χ1n) is 14.6. The number of fused-ring (bicyclic) bond motifs is 2. The van der Waals surface area contributed by atoms with Crippen LogP contribution in [0, 0.1) is 6.92 Å². The van der Waals surface area contributed by atoms with Crippen LogP contribution in [0.15, 0.2) is 89.9 Å². The van der Waals surface area contributed by atoms with E-state index in [0.717, 1.165) is 17.9 Å². The van der Waals surface area contributed by atoms with E-state index < -0.39 is 0 Å². The van der Waals surface area contributed by atoms with Crippen LogP contribution in [-0.2, 0) is 22.0 Å². The van der Waals surface area contributed by atoms with Crippen LogP contribution >= 0.6 is 0 Å². The molecule has 2 nitrogen and oxygen atoms in total. The molecule has 2 heteroatoms. The van der Waals surface area contributed by atoms with Crippen molar-refractivity contribution < 1.29 is 4.74 Å². The highest BCUT2D eigenvalue weighted by Crippen LogP contribution is 2.43. The summed E-state index contributed by atoms with van der Waals surface area (Å²) < 4.78 is 6.44. The summed E-state index contributed by atoms with van der Waals surface area (Å²) in [5.41, 5.74) is 13.5. The van der Waals surface area contributed by atoms with E-state index >= 15 is 0 Å². The van der Waals surface area contributed by atoms with Crippen molar-refractivity contribution in [2.45, 2.75) is 77.7 Å². The smallest absolute Gasteiger partial charge is 0.217 e. The number of hydrogen-bond acceptors (Lipinski definition) is 2. The van der Waals surface area contributed by atoms with Crippen molar-refractivity contribution in [1.29, 1.82) is 0 Å². The Hall–Kier alpha value is -3.65. The van der Waals surface area contributed by atoms with Gasteiger partial charge >= 0.3 is 0 Å². The minimum absolute atomic E-state index is 0.0169. The zero-order valence-corrected chi connectivity index (χ0v) is 25.0. The molecule has 0 fully saturated rings. The summed E-state index contributed by atoms with van der Waals surface area (Å²) in [4.78, 5) is 5.27. The lowest BCUT2D eigenvalue weighted by atomic mass is 9.74. The highest BCUT2D eigenvalue weighted by molar-refractivity contribution is 5.97. The van der Waals surface area contributed by atoms with Crippen LogP contribution in [0.3, 0.4) is 0 Å². The molecule has 0 aromatic heterocycles. The van der Waals surface area contributed by atoms with Crippen molar-refractivity contribution in [3.63, 3.8) is 0 Å². The average molecular weight is 528 g/mol. The number of benzene rings is 4. The fourth-order valence-corrected chi connectivity index (χ4v) is 6.78. The number of rotatable bonds is 3. The van der Waals surface area contributed by atoms with Crippen LogP contribution in [0.25, 0.3) is 0 Å². The van der Waals surface area contributed by atoms with Gasteiger partial charge in [0.1, 0.15) is 12.6 Å². The topological polar surface area (TPSA) is 21.6 Å². The first-order valence-corrected chi connectivity index (χ1v) is 14.6. The van der Waals surface area contributed by atoms with E-state index in [4.69, 9.17) is 9.73 Å². The van der Waals surface area contributed by atoms with Gasteiger partial charge in [-0.3, -0.25) is 0 Å². The minimum Gasteiger partial charge on any atom is -0.475 e. The molecule has 40 heavy (non-hydrogen) atoms. The molecule has 1 atom stereocenters. The summed E-state index contributed by atoms with van der Waals surface area (Å²) in [6, 6.07) is 31.2. The molecule has 0 amide bonds. The Morgan fingerprint density at radius 2 is 1.18 bits per heavy atom. The van der Waals surface area contributed by atoms with Gasteiger partial charge in [-0.1, -0.05) is 120 Å². The fraction of sp³-hybridized carbons (Fsp3) is 0.342. The minimum atomic E-state index is -0.0169. The molecule has 2 aliphatic rings. The second-order valence-electron chi connectivity index (χ2n) is 13.6. The third kappa shape index (κ3) is 4.68. The zero-order valence-electron chi connectivity index (χ0n) is 25.0. The van der Waals surface area contributed by atoms with Crippen LogP contribution in [0.4, 0.5) is 0 Å². The van der Waals surface area contributed by atoms with Crippen molar-refractivity contribution in [1.82, 2.24) is 0 Å². The van der Waals surface area contributed by atoms with Crippen LogP contribution in [0.5, 0.6) is 0 Å². The van der Waals surface area contributed by atoms with Gasteiger partial charge in [0, 0.05) is 11.5 Å². The van der Waals surface area contributed by atoms with Gasteiger partial charge in [0.15, 0.2) is 0 Å². The van der Waals surface area contributed by atoms with Crippen molar-refractivity contribution in [3.8, 4) is 0 Å². The summed E-state index contributed by atoms with van der Waals surface area (Å²) in [6.45, 7) is 16.7. The lowest BCUT2D eigenvalue weighted by molar-refractivity contribution is 0.319. The SMILES string of the molecule is Cc1c(C(C)(C)C)cc([C@@H]2COC(c3ccccc3C3c4ccccc4Cc4ccccc43)=N2)cc1C(C)(C)C. The Labute approximate surface area is 240 Å². The molecule has 4 aromatic rings. The first-order chi connectivity index (χ1) is 19.0. The summed E-state index contributed by atoms with van der Waals surface area (Å²) in [5.74, 6) is 0.915. The van der Waals surface area contributed by atoms with Gasteiger partial charge in [-0.05, 0) is 80.3 Å². The van der Waals surface area contributed by atoms with Crippen LogP contribution in [-0.4, -0.2) is 12.5 Å². The van der Waals surface area contributed by atoms with Crippen LogP contribution in [0.2, 0.25) is 0 Å².